The van der Waals surface area contributed by atoms with Gasteiger partial charge < -0.3 is 15.0 Å². The molecule has 0 aliphatic carbocycles. The zero-order valence-corrected chi connectivity index (χ0v) is 16.9. The lowest BCUT2D eigenvalue weighted by molar-refractivity contribution is -0.111. The summed E-state index contributed by atoms with van der Waals surface area (Å²) in [7, 11) is 0. The fourth-order valence-electron chi connectivity index (χ4n) is 3.35. The number of carbonyl (C=O) groups excluding carboxylic acids is 2. The molecular weight excluding hydrogens is 364 g/mol. The molecule has 1 aliphatic rings. The van der Waals surface area contributed by atoms with Gasteiger partial charge in [0.05, 0.1) is 6.61 Å². The molecule has 1 N–H and O–H groups in total. The second-order valence-corrected chi connectivity index (χ2v) is 7.11. The van der Waals surface area contributed by atoms with Crippen molar-refractivity contribution in [1.29, 1.82) is 0 Å². The van der Waals surface area contributed by atoms with Crippen LogP contribution in [0.2, 0.25) is 0 Å². The fraction of sp³-hybridized carbons (Fsp3) is 0.333. The molecule has 2 aromatic carbocycles. The number of hydrogen-bond donors (Lipinski definition) is 1. The summed E-state index contributed by atoms with van der Waals surface area (Å²) >= 11 is 0. The van der Waals surface area contributed by atoms with Crippen LogP contribution >= 0.6 is 0 Å². The topological polar surface area (TPSA) is 58.6 Å². The van der Waals surface area contributed by atoms with Gasteiger partial charge in [-0.1, -0.05) is 25.0 Å². The van der Waals surface area contributed by atoms with Crippen LogP contribution in [0.4, 0.5) is 5.69 Å². The van der Waals surface area contributed by atoms with Crippen LogP contribution in [0, 0.1) is 0 Å². The van der Waals surface area contributed by atoms with E-state index in [0.717, 1.165) is 37.2 Å². The van der Waals surface area contributed by atoms with E-state index >= 15 is 0 Å². The lowest BCUT2D eigenvalue weighted by Crippen LogP contribution is -2.31. The Balaban J connectivity index is 1.54. The molecule has 2 aromatic rings. The maximum atomic E-state index is 12.6. The molecule has 5 nitrogen and oxygen atoms in total. The van der Waals surface area contributed by atoms with Crippen LogP contribution in [-0.2, 0) is 4.79 Å². The lowest BCUT2D eigenvalue weighted by atomic mass is 10.1. The van der Waals surface area contributed by atoms with Gasteiger partial charge in [-0.05, 0) is 67.8 Å². The van der Waals surface area contributed by atoms with Crippen molar-refractivity contribution in [2.75, 3.05) is 25.0 Å². The monoisotopic (exact) mass is 392 g/mol. The van der Waals surface area contributed by atoms with Crippen molar-refractivity contribution >= 4 is 23.6 Å². The summed E-state index contributed by atoms with van der Waals surface area (Å²) in [6.45, 7) is 4.22. The first kappa shape index (κ1) is 20.6. The highest BCUT2D eigenvalue weighted by Crippen LogP contribution is 2.16. The molecular formula is C24H28N2O3. The van der Waals surface area contributed by atoms with Gasteiger partial charge in [-0.3, -0.25) is 9.59 Å². The zero-order valence-electron chi connectivity index (χ0n) is 16.9. The third kappa shape index (κ3) is 6.21. The molecule has 1 aliphatic heterocycles. The van der Waals surface area contributed by atoms with Crippen molar-refractivity contribution in [2.24, 2.45) is 0 Å². The smallest absolute Gasteiger partial charge is 0.253 e. The van der Waals surface area contributed by atoms with E-state index in [1.54, 1.807) is 30.3 Å². The summed E-state index contributed by atoms with van der Waals surface area (Å²) in [6, 6.07) is 14.7. The van der Waals surface area contributed by atoms with Gasteiger partial charge >= 0.3 is 0 Å². The van der Waals surface area contributed by atoms with Gasteiger partial charge in [0.2, 0.25) is 5.91 Å². The third-order valence-electron chi connectivity index (χ3n) is 4.91. The zero-order chi connectivity index (χ0) is 20.5. The average molecular weight is 392 g/mol. The van der Waals surface area contributed by atoms with E-state index in [2.05, 4.69) is 5.32 Å². The predicted molar refractivity (Wildman–Crippen MR) is 116 cm³/mol. The predicted octanol–water partition coefficient (Wildman–Crippen LogP) is 4.75. The van der Waals surface area contributed by atoms with Gasteiger partial charge in [0.25, 0.3) is 5.91 Å². The molecule has 0 atom stereocenters. The maximum Gasteiger partial charge on any atom is 0.253 e. The van der Waals surface area contributed by atoms with E-state index in [9.17, 15) is 9.59 Å². The van der Waals surface area contributed by atoms with Crippen LogP contribution in [0.25, 0.3) is 6.08 Å². The number of hydrogen-bond acceptors (Lipinski definition) is 3. The molecule has 1 heterocycles. The molecule has 1 fully saturated rings. The van der Waals surface area contributed by atoms with Crippen molar-refractivity contribution in [3.05, 3.63) is 65.7 Å². The molecule has 0 bridgehead atoms. The Morgan fingerprint density at radius 2 is 1.62 bits per heavy atom. The molecule has 0 spiro atoms. The van der Waals surface area contributed by atoms with E-state index in [4.69, 9.17) is 4.74 Å². The van der Waals surface area contributed by atoms with E-state index in [-0.39, 0.29) is 11.8 Å². The summed E-state index contributed by atoms with van der Waals surface area (Å²) in [4.78, 5) is 26.7. The van der Waals surface area contributed by atoms with Crippen LogP contribution in [0.5, 0.6) is 5.75 Å². The number of amides is 2. The molecule has 0 saturated carbocycles. The Morgan fingerprint density at radius 1 is 0.966 bits per heavy atom. The summed E-state index contributed by atoms with van der Waals surface area (Å²) in [5, 5.41) is 2.82. The first-order valence-electron chi connectivity index (χ1n) is 10.3. The van der Waals surface area contributed by atoms with E-state index < -0.39 is 0 Å². The van der Waals surface area contributed by atoms with E-state index in [0.29, 0.717) is 17.9 Å². The molecule has 0 radical (unpaired) electrons. The number of anilines is 1. The number of benzene rings is 2. The van der Waals surface area contributed by atoms with E-state index in [1.165, 1.54) is 18.9 Å². The molecule has 0 aromatic heterocycles. The second-order valence-electron chi connectivity index (χ2n) is 7.11. The fourth-order valence-corrected chi connectivity index (χ4v) is 3.35. The van der Waals surface area contributed by atoms with Crippen LogP contribution in [0.15, 0.2) is 54.6 Å². The highest BCUT2D eigenvalue weighted by molar-refractivity contribution is 6.02. The minimum absolute atomic E-state index is 0.0696. The van der Waals surface area contributed by atoms with Gasteiger partial charge in [-0.2, -0.15) is 0 Å². The second kappa shape index (κ2) is 10.5. The summed E-state index contributed by atoms with van der Waals surface area (Å²) in [6.07, 6.45) is 7.77. The highest BCUT2D eigenvalue weighted by atomic mass is 16.5. The van der Waals surface area contributed by atoms with Gasteiger partial charge in [-0.15, -0.1) is 0 Å². The number of rotatable bonds is 6. The molecule has 2 amide bonds. The minimum atomic E-state index is -0.217. The molecule has 3 rings (SSSR count). The molecule has 152 valence electrons. The Kier molecular flexibility index (Phi) is 7.45. The number of nitrogens with zero attached hydrogens (tertiary/aromatic N) is 1. The van der Waals surface area contributed by atoms with Crippen molar-refractivity contribution < 1.29 is 14.3 Å². The van der Waals surface area contributed by atoms with Crippen molar-refractivity contribution in [2.45, 2.75) is 32.6 Å². The van der Waals surface area contributed by atoms with Gasteiger partial charge in [0.1, 0.15) is 5.75 Å². The van der Waals surface area contributed by atoms with Gasteiger partial charge in [-0.25, -0.2) is 0 Å². The molecule has 5 heteroatoms. The summed E-state index contributed by atoms with van der Waals surface area (Å²) < 4.78 is 5.41. The van der Waals surface area contributed by atoms with Gasteiger partial charge in [0.15, 0.2) is 0 Å². The SMILES string of the molecule is CCOc1ccc(/C=C/C(=O)Nc2ccc(C(=O)N3CCCCCC3)cc2)cc1. The quantitative estimate of drug-likeness (QED) is 0.722. The van der Waals surface area contributed by atoms with Crippen molar-refractivity contribution in [3.63, 3.8) is 0 Å². The first-order chi connectivity index (χ1) is 14.2. The number of nitrogens with one attached hydrogen (secondary N) is 1. The Hall–Kier alpha value is -3.08. The number of ether oxygens (including phenoxy) is 1. The van der Waals surface area contributed by atoms with Crippen LogP contribution < -0.4 is 10.1 Å². The number of likely N-dealkylation sites (tertiary alicyclic amines) is 1. The third-order valence-corrected chi connectivity index (χ3v) is 4.91. The van der Waals surface area contributed by atoms with E-state index in [1.807, 2.05) is 36.1 Å². The molecule has 0 unspecified atom stereocenters. The average Bonchev–Trinajstić information content (AvgIpc) is 3.03. The van der Waals surface area contributed by atoms with Crippen LogP contribution in [-0.4, -0.2) is 36.4 Å². The lowest BCUT2D eigenvalue weighted by Gasteiger charge is -2.20. The molecule has 1 saturated heterocycles. The standard InChI is InChI=1S/C24H28N2O3/c1-2-29-22-14-7-19(8-15-22)9-16-23(27)25-21-12-10-20(11-13-21)24(28)26-17-5-3-4-6-18-26/h7-16H,2-6,17-18H2,1H3,(H,25,27)/b16-9+. The largest absolute Gasteiger partial charge is 0.494 e. The Bertz CT molecular complexity index is 833. The highest BCUT2D eigenvalue weighted by Gasteiger charge is 2.17. The maximum absolute atomic E-state index is 12.6. The van der Waals surface area contributed by atoms with Crippen molar-refractivity contribution in [3.8, 4) is 5.75 Å². The van der Waals surface area contributed by atoms with Gasteiger partial charge in [0, 0.05) is 30.4 Å². The number of carbonyl (C=O) groups is 2. The Morgan fingerprint density at radius 3 is 2.24 bits per heavy atom. The Labute approximate surface area is 172 Å². The molecule has 29 heavy (non-hydrogen) atoms. The van der Waals surface area contributed by atoms with Crippen LogP contribution in [0.1, 0.15) is 48.5 Å². The van der Waals surface area contributed by atoms with Crippen molar-refractivity contribution in [1.82, 2.24) is 4.90 Å². The normalized spacial score (nSPS) is 14.4. The first-order valence-corrected chi connectivity index (χ1v) is 10.3. The minimum Gasteiger partial charge on any atom is -0.494 e. The summed E-state index contributed by atoms with van der Waals surface area (Å²) in [5.74, 6) is 0.662. The summed E-state index contributed by atoms with van der Waals surface area (Å²) in [5.41, 5.74) is 2.25. The van der Waals surface area contributed by atoms with Crippen LogP contribution in [0.3, 0.4) is 0 Å².